The first-order valence-corrected chi connectivity index (χ1v) is 8.78. The first-order valence-electron chi connectivity index (χ1n) is 7.96. The second-order valence-electron chi connectivity index (χ2n) is 6.52. The van der Waals surface area contributed by atoms with Crippen molar-refractivity contribution in [2.24, 2.45) is 5.92 Å². The minimum Gasteiger partial charge on any atom is -0.390 e. The molecule has 0 radical (unpaired) electrons. The van der Waals surface area contributed by atoms with Gasteiger partial charge in [0.1, 0.15) is 0 Å². The molecule has 2 aliphatic rings. The van der Waals surface area contributed by atoms with Crippen LogP contribution in [0.3, 0.4) is 0 Å². The molecule has 112 valence electrons. The summed E-state index contributed by atoms with van der Waals surface area (Å²) in [7, 11) is 0. The summed E-state index contributed by atoms with van der Waals surface area (Å²) in [5.74, 6) is 2.76. The van der Waals surface area contributed by atoms with Gasteiger partial charge in [-0.05, 0) is 56.4 Å². The van der Waals surface area contributed by atoms with E-state index in [0.29, 0.717) is 11.8 Å². The molecule has 2 N–H and O–H groups in total. The summed E-state index contributed by atoms with van der Waals surface area (Å²) in [6, 6.07) is 0. The molecule has 1 fully saturated rings. The number of rotatable bonds is 2. The van der Waals surface area contributed by atoms with Crippen molar-refractivity contribution < 1.29 is 4.52 Å². The molecule has 0 amide bonds. The van der Waals surface area contributed by atoms with Crippen LogP contribution < -0.4 is 5.73 Å². The van der Waals surface area contributed by atoms with Crippen LogP contribution in [0.5, 0.6) is 0 Å². The number of aryl methyl sites for hydroxylation is 1. The van der Waals surface area contributed by atoms with E-state index in [1.807, 2.05) is 0 Å². The quantitative estimate of drug-likeness (QED) is 0.904. The molecule has 2 aliphatic carbocycles. The zero-order chi connectivity index (χ0) is 14.4. The lowest BCUT2D eigenvalue weighted by molar-refractivity contribution is 0.414. The highest BCUT2D eigenvalue weighted by molar-refractivity contribution is 7.16. The van der Waals surface area contributed by atoms with E-state index >= 15 is 0 Å². The summed E-state index contributed by atoms with van der Waals surface area (Å²) < 4.78 is 5.57. The summed E-state index contributed by atoms with van der Waals surface area (Å²) in [4.78, 5) is 6.11. The third kappa shape index (κ3) is 2.27. The third-order valence-electron chi connectivity index (χ3n) is 4.91. The third-order valence-corrected chi connectivity index (χ3v) is 6.04. The summed E-state index contributed by atoms with van der Waals surface area (Å²) in [6.45, 7) is 2.30. The van der Waals surface area contributed by atoms with E-state index in [2.05, 4.69) is 17.1 Å². The molecule has 2 atom stereocenters. The minimum absolute atomic E-state index is 0.466. The Hall–Kier alpha value is -1.36. The fourth-order valence-corrected chi connectivity index (χ4v) is 4.92. The Bertz CT molecular complexity index is 661. The number of aromatic nitrogens is 2. The lowest BCUT2D eigenvalue weighted by atomic mass is 9.95. The summed E-state index contributed by atoms with van der Waals surface area (Å²) in [5, 5.41) is 5.09. The van der Waals surface area contributed by atoms with E-state index in [1.165, 1.54) is 42.5 Å². The summed E-state index contributed by atoms with van der Waals surface area (Å²) in [5.41, 5.74) is 8.62. The van der Waals surface area contributed by atoms with Crippen LogP contribution in [0, 0.1) is 5.92 Å². The lowest BCUT2D eigenvalue weighted by Crippen LogP contribution is -2.00. The van der Waals surface area contributed by atoms with E-state index < -0.39 is 0 Å². The van der Waals surface area contributed by atoms with Gasteiger partial charge in [0.15, 0.2) is 5.82 Å². The second kappa shape index (κ2) is 5.13. The molecule has 4 rings (SSSR count). The molecule has 0 aliphatic heterocycles. The predicted molar refractivity (Wildman–Crippen MR) is 84.4 cm³/mol. The Morgan fingerprint density at radius 3 is 2.90 bits per heavy atom. The Balaban J connectivity index is 1.68. The largest absolute Gasteiger partial charge is 0.390 e. The molecule has 0 bridgehead atoms. The highest BCUT2D eigenvalue weighted by atomic mass is 32.1. The average Bonchev–Trinajstić information content (AvgIpc) is 3.15. The van der Waals surface area contributed by atoms with Crippen LogP contribution in [0.15, 0.2) is 4.52 Å². The number of fused-ring (bicyclic) bond motifs is 1. The van der Waals surface area contributed by atoms with Crippen molar-refractivity contribution in [2.75, 3.05) is 5.73 Å². The van der Waals surface area contributed by atoms with Crippen LogP contribution in [-0.2, 0) is 12.8 Å². The van der Waals surface area contributed by atoms with Gasteiger partial charge in [-0.25, -0.2) is 0 Å². The van der Waals surface area contributed by atoms with Gasteiger partial charge in [0.2, 0.25) is 0 Å². The first-order chi connectivity index (χ1) is 10.2. The van der Waals surface area contributed by atoms with Crippen molar-refractivity contribution in [1.82, 2.24) is 10.1 Å². The number of nitrogens with two attached hydrogens (primary N) is 1. The molecule has 2 aromatic rings. The number of thiophene rings is 1. The van der Waals surface area contributed by atoms with Gasteiger partial charge in [-0.15, -0.1) is 11.3 Å². The van der Waals surface area contributed by atoms with Crippen molar-refractivity contribution in [3.05, 3.63) is 16.3 Å². The molecule has 0 saturated heterocycles. The van der Waals surface area contributed by atoms with Gasteiger partial charge in [-0.2, -0.15) is 4.98 Å². The summed E-state index contributed by atoms with van der Waals surface area (Å²) in [6.07, 6.45) is 8.36. The topological polar surface area (TPSA) is 64.9 Å². The number of hydrogen-bond donors (Lipinski definition) is 1. The minimum atomic E-state index is 0.466. The lowest BCUT2D eigenvalue weighted by Gasteiger charge is -2.10. The van der Waals surface area contributed by atoms with E-state index in [-0.39, 0.29) is 0 Å². The second-order valence-corrected chi connectivity index (χ2v) is 7.66. The van der Waals surface area contributed by atoms with E-state index in [1.54, 1.807) is 11.3 Å². The van der Waals surface area contributed by atoms with Crippen LogP contribution in [-0.4, -0.2) is 10.1 Å². The zero-order valence-electron chi connectivity index (χ0n) is 12.4. The van der Waals surface area contributed by atoms with Crippen LogP contribution in [0.25, 0.3) is 11.5 Å². The van der Waals surface area contributed by atoms with Crippen LogP contribution >= 0.6 is 11.3 Å². The Kier molecular flexibility index (Phi) is 3.25. The van der Waals surface area contributed by atoms with Gasteiger partial charge in [-0.3, -0.25) is 0 Å². The highest BCUT2D eigenvalue weighted by Crippen LogP contribution is 2.43. The van der Waals surface area contributed by atoms with E-state index in [9.17, 15) is 0 Å². The maximum absolute atomic E-state index is 6.23. The molecule has 1 saturated carbocycles. The van der Waals surface area contributed by atoms with Crippen molar-refractivity contribution >= 4 is 16.3 Å². The molecule has 5 heteroatoms. The van der Waals surface area contributed by atoms with Gasteiger partial charge in [-0.1, -0.05) is 12.1 Å². The molecule has 21 heavy (non-hydrogen) atoms. The number of nitrogens with zero attached hydrogens (tertiary/aromatic N) is 2. The number of hydrogen-bond acceptors (Lipinski definition) is 5. The zero-order valence-corrected chi connectivity index (χ0v) is 13.2. The van der Waals surface area contributed by atoms with Gasteiger partial charge >= 0.3 is 0 Å². The molecule has 0 aromatic carbocycles. The van der Waals surface area contributed by atoms with Crippen LogP contribution in [0.4, 0.5) is 5.00 Å². The Morgan fingerprint density at radius 1 is 1.24 bits per heavy atom. The van der Waals surface area contributed by atoms with E-state index in [0.717, 1.165) is 35.1 Å². The molecule has 2 heterocycles. The fourth-order valence-electron chi connectivity index (χ4n) is 3.77. The Morgan fingerprint density at radius 2 is 2.10 bits per heavy atom. The van der Waals surface area contributed by atoms with Gasteiger partial charge in [0.25, 0.3) is 5.89 Å². The van der Waals surface area contributed by atoms with Crippen molar-refractivity contribution in [3.63, 3.8) is 0 Å². The van der Waals surface area contributed by atoms with Crippen molar-refractivity contribution in [1.29, 1.82) is 0 Å². The molecule has 4 nitrogen and oxygen atoms in total. The molecule has 2 unspecified atom stereocenters. The predicted octanol–water partition coefficient (Wildman–Crippen LogP) is 4.16. The maximum Gasteiger partial charge on any atom is 0.261 e. The first kappa shape index (κ1) is 13.3. The maximum atomic E-state index is 6.23. The normalized spacial score (nSPS) is 25.2. The number of nitrogen functional groups attached to an aromatic ring is 1. The molecular formula is C16H21N3OS. The number of anilines is 1. The average molecular weight is 303 g/mol. The smallest absolute Gasteiger partial charge is 0.261 e. The van der Waals surface area contributed by atoms with Crippen LogP contribution in [0.2, 0.25) is 0 Å². The highest BCUT2D eigenvalue weighted by Gasteiger charge is 2.29. The van der Waals surface area contributed by atoms with Gasteiger partial charge in [0, 0.05) is 10.8 Å². The Labute approximate surface area is 128 Å². The van der Waals surface area contributed by atoms with Crippen molar-refractivity contribution in [3.8, 4) is 11.5 Å². The van der Waals surface area contributed by atoms with Gasteiger partial charge in [0.05, 0.1) is 10.6 Å². The van der Waals surface area contributed by atoms with Gasteiger partial charge < -0.3 is 10.3 Å². The SMILES string of the molecule is CC1CCC(c2noc(-c3c(N)sc4c3CCCC4)n2)C1. The molecule has 0 spiro atoms. The fraction of sp³-hybridized carbons (Fsp3) is 0.625. The monoisotopic (exact) mass is 303 g/mol. The molecular weight excluding hydrogens is 282 g/mol. The van der Waals surface area contributed by atoms with E-state index in [4.69, 9.17) is 10.3 Å². The summed E-state index contributed by atoms with van der Waals surface area (Å²) >= 11 is 1.70. The standard InChI is InChI=1S/C16H21N3OS/c1-9-6-7-10(8-9)15-18-16(20-19-15)13-11-4-2-3-5-12(11)21-14(13)17/h9-10H,2-8,17H2,1H3. The van der Waals surface area contributed by atoms with Crippen molar-refractivity contribution in [2.45, 2.75) is 57.8 Å². The van der Waals surface area contributed by atoms with Crippen LogP contribution in [0.1, 0.15) is 61.2 Å². The molecule has 2 aromatic heterocycles.